The van der Waals surface area contributed by atoms with Crippen LogP contribution in [0.5, 0.6) is 5.75 Å². The van der Waals surface area contributed by atoms with E-state index in [9.17, 15) is 9.18 Å². The van der Waals surface area contributed by atoms with Crippen molar-refractivity contribution in [1.82, 2.24) is 0 Å². The molecule has 0 unspecified atom stereocenters. The summed E-state index contributed by atoms with van der Waals surface area (Å²) in [6.45, 7) is 11.2. The Bertz CT molecular complexity index is 1030. The third kappa shape index (κ3) is 4.61. The van der Waals surface area contributed by atoms with Gasteiger partial charge in [0.25, 0.3) is 6.47 Å². The van der Waals surface area contributed by atoms with Crippen LogP contribution in [-0.4, -0.2) is 13.1 Å². The van der Waals surface area contributed by atoms with Gasteiger partial charge in [-0.15, -0.1) is 0 Å². The summed E-state index contributed by atoms with van der Waals surface area (Å²) < 4.78 is 31.0. The van der Waals surface area contributed by atoms with Crippen LogP contribution < -0.4 is 4.74 Å². The monoisotopic (exact) mass is 398 g/mol. The molecule has 0 N–H and O–H groups in total. The molecule has 0 spiro atoms. The number of rotatable bonds is 7. The highest BCUT2D eigenvalue weighted by Crippen LogP contribution is 2.32. The van der Waals surface area contributed by atoms with Gasteiger partial charge in [0.2, 0.25) is 0 Å². The van der Waals surface area contributed by atoms with E-state index >= 15 is 0 Å². The van der Waals surface area contributed by atoms with Gasteiger partial charge < -0.3 is 13.9 Å². The summed E-state index contributed by atoms with van der Waals surface area (Å²) in [5, 5.41) is 0.743. The van der Waals surface area contributed by atoms with Gasteiger partial charge >= 0.3 is 0 Å². The molecule has 154 valence electrons. The largest absolute Gasteiger partial charge is 0.488 e. The Morgan fingerprint density at radius 1 is 1.07 bits per heavy atom. The van der Waals surface area contributed by atoms with Crippen LogP contribution in [0.15, 0.2) is 34.7 Å². The molecule has 0 amide bonds. The Morgan fingerprint density at radius 3 is 2.52 bits per heavy atom. The van der Waals surface area contributed by atoms with Crippen molar-refractivity contribution in [3.63, 3.8) is 0 Å². The van der Waals surface area contributed by atoms with Crippen molar-refractivity contribution in [3.05, 3.63) is 64.2 Å². The van der Waals surface area contributed by atoms with E-state index in [0.717, 1.165) is 33.6 Å². The first-order valence-corrected chi connectivity index (χ1v) is 9.70. The Kier molecular flexibility index (Phi) is 5.96. The van der Waals surface area contributed by atoms with Crippen LogP contribution in [-0.2, 0) is 28.0 Å². The molecule has 0 aliphatic carbocycles. The minimum Gasteiger partial charge on any atom is -0.488 e. The molecule has 0 atom stereocenters. The predicted molar refractivity (Wildman–Crippen MR) is 111 cm³/mol. The predicted octanol–water partition coefficient (Wildman–Crippen LogP) is 5.78. The zero-order valence-corrected chi connectivity index (χ0v) is 17.6. The van der Waals surface area contributed by atoms with E-state index in [-0.39, 0.29) is 17.8 Å². The maximum atomic E-state index is 14.1. The highest BCUT2D eigenvalue weighted by atomic mass is 19.1. The Hall–Kier alpha value is -2.82. The van der Waals surface area contributed by atoms with Crippen LogP contribution in [0, 0.1) is 19.7 Å². The smallest absolute Gasteiger partial charge is 0.293 e. The lowest BCUT2D eigenvalue weighted by atomic mass is 9.93. The van der Waals surface area contributed by atoms with Crippen LogP contribution in [0.25, 0.3) is 11.0 Å². The zero-order valence-electron chi connectivity index (χ0n) is 17.6. The quantitative estimate of drug-likeness (QED) is 0.374. The maximum absolute atomic E-state index is 14.1. The molecule has 5 heteroatoms. The van der Waals surface area contributed by atoms with E-state index in [1.807, 2.05) is 32.0 Å². The molecule has 0 saturated heterocycles. The van der Waals surface area contributed by atoms with E-state index in [0.29, 0.717) is 30.6 Å². The number of halogens is 1. The van der Waals surface area contributed by atoms with Gasteiger partial charge in [-0.3, -0.25) is 4.79 Å². The maximum Gasteiger partial charge on any atom is 0.293 e. The fourth-order valence-electron chi connectivity index (χ4n) is 3.31. The van der Waals surface area contributed by atoms with Crippen molar-refractivity contribution < 1.29 is 23.1 Å². The van der Waals surface area contributed by atoms with Gasteiger partial charge in [0, 0.05) is 22.8 Å². The van der Waals surface area contributed by atoms with Crippen molar-refractivity contribution in [2.45, 2.75) is 53.1 Å². The fourth-order valence-corrected chi connectivity index (χ4v) is 3.31. The number of carbonyl (C=O) groups excluding carboxylic acids is 1. The number of carbonyl (C=O) groups is 1. The molecule has 3 rings (SSSR count). The van der Waals surface area contributed by atoms with Gasteiger partial charge in [0.1, 0.15) is 29.5 Å². The van der Waals surface area contributed by atoms with Crippen molar-refractivity contribution >= 4 is 17.4 Å². The summed E-state index contributed by atoms with van der Waals surface area (Å²) in [4.78, 5) is 10.3. The Morgan fingerprint density at radius 2 is 1.83 bits per heavy atom. The normalized spacial score (nSPS) is 11.7. The second-order valence-electron chi connectivity index (χ2n) is 8.32. The molecular weight excluding hydrogens is 371 g/mol. The minimum absolute atomic E-state index is 0.162. The number of furan rings is 1. The zero-order chi connectivity index (χ0) is 21.2. The van der Waals surface area contributed by atoms with Gasteiger partial charge in [-0.1, -0.05) is 26.8 Å². The van der Waals surface area contributed by atoms with Crippen LogP contribution in [0.2, 0.25) is 0 Å². The number of fused-ring (bicyclic) bond motifs is 1. The average Bonchev–Trinajstić information content (AvgIpc) is 3.09. The van der Waals surface area contributed by atoms with Crippen LogP contribution in [0.1, 0.15) is 48.8 Å². The molecule has 0 aliphatic rings. The first-order chi connectivity index (χ1) is 13.7. The summed E-state index contributed by atoms with van der Waals surface area (Å²) in [6, 6.07) is 8.72. The molecule has 0 bridgehead atoms. The topological polar surface area (TPSA) is 48.7 Å². The summed E-state index contributed by atoms with van der Waals surface area (Å²) in [6.07, 6.45) is 0.651. The summed E-state index contributed by atoms with van der Waals surface area (Å²) >= 11 is 0. The molecule has 0 saturated carbocycles. The second kappa shape index (κ2) is 8.27. The van der Waals surface area contributed by atoms with Crippen LogP contribution in [0.3, 0.4) is 0 Å². The highest BCUT2D eigenvalue weighted by molar-refractivity contribution is 5.81. The van der Waals surface area contributed by atoms with Crippen LogP contribution in [0.4, 0.5) is 4.39 Å². The molecule has 4 nitrogen and oxygen atoms in total. The van der Waals surface area contributed by atoms with E-state index in [4.69, 9.17) is 13.9 Å². The SMILES string of the molecule is Cc1c(CCOC=O)ccc(OCc2cc(F)cc3cc(C(C)(C)C)oc23)c1C. The van der Waals surface area contributed by atoms with Gasteiger partial charge in [-0.25, -0.2) is 4.39 Å². The minimum atomic E-state index is -0.309. The molecular formula is C24H27FO4. The van der Waals surface area contributed by atoms with Crippen LogP contribution >= 0.6 is 0 Å². The Labute approximate surface area is 170 Å². The van der Waals surface area contributed by atoms with E-state index in [2.05, 4.69) is 20.8 Å². The van der Waals surface area contributed by atoms with Crippen molar-refractivity contribution in [2.24, 2.45) is 0 Å². The number of benzene rings is 2. The third-order valence-corrected chi connectivity index (χ3v) is 5.19. The highest BCUT2D eigenvalue weighted by Gasteiger charge is 2.21. The average molecular weight is 398 g/mol. The standard InChI is InChI=1S/C24H27FO4/c1-15-16(2)21(7-6-17(15)8-9-27-14-26)28-13-19-11-20(25)10-18-12-22(24(3,4)5)29-23(18)19/h6-7,10-12,14H,8-9,13H2,1-5H3. The molecule has 0 fully saturated rings. The number of ether oxygens (including phenoxy) is 2. The molecule has 1 heterocycles. The lowest BCUT2D eigenvalue weighted by molar-refractivity contribution is -0.128. The molecule has 2 aromatic carbocycles. The first-order valence-electron chi connectivity index (χ1n) is 9.70. The molecule has 0 aliphatic heterocycles. The Balaban J connectivity index is 1.84. The number of hydrogen-bond donors (Lipinski definition) is 0. The molecule has 1 aromatic heterocycles. The lowest BCUT2D eigenvalue weighted by Crippen LogP contribution is -2.08. The van der Waals surface area contributed by atoms with E-state index in [1.165, 1.54) is 12.1 Å². The lowest BCUT2D eigenvalue weighted by Gasteiger charge is -2.15. The summed E-state index contributed by atoms with van der Waals surface area (Å²) in [5.41, 5.74) is 4.38. The molecule has 0 radical (unpaired) electrons. The third-order valence-electron chi connectivity index (χ3n) is 5.19. The summed E-state index contributed by atoms with van der Waals surface area (Å²) in [5.74, 6) is 1.24. The first kappa shape index (κ1) is 20.9. The van der Waals surface area contributed by atoms with E-state index in [1.54, 1.807) is 0 Å². The van der Waals surface area contributed by atoms with Gasteiger partial charge in [0.05, 0.1) is 6.61 Å². The second-order valence-corrected chi connectivity index (χ2v) is 8.32. The number of hydrogen-bond acceptors (Lipinski definition) is 4. The van der Waals surface area contributed by atoms with Gasteiger partial charge in [-0.05, 0) is 54.8 Å². The fraction of sp³-hybridized carbons (Fsp3) is 0.375. The van der Waals surface area contributed by atoms with Gasteiger partial charge in [0.15, 0.2) is 0 Å². The van der Waals surface area contributed by atoms with E-state index < -0.39 is 0 Å². The molecule has 29 heavy (non-hydrogen) atoms. The molecule has 3 aromatic rings. The van der Waals surface area contributed by atoms with Crippen molar-refractivity contribution in [2.75, 3.05) is 6.61 Å². The summed E-state index contributed by atoms with van der Waals surface area (Å²) in [7, 11) is 0. The van der Waals surface area contributed by atoms with Crippen molar-refractivity contribution in [1.29, 1.82) is 0 Å². The van der Waals surface area contributed by atoms with Gasteiger partial charge in [-0.2, -0.15) is 0 Å². The van der Waals surface area contributed by atoms with Crippen molar-refractivity contribution in [3.8, 4) is 5.75 Å².